The molecule has 1 aliphatic rings. The minimum absolute atomic E-state index is 0.0847. The van der Waals surface area contributed by atoms with Gasteiger partial charge in [-0.25, -0.2) is 0 Å². The Morgan fingerprint density at radius 1 is 1.47 bits per heavy atom. The molecule has 2 rings (SSSR count). The molecule has 1 fully saturated rings. The van der Waals surface area contributed by atoms with Gasteiger partial charge in [0.05, 0.1) is 6.61 Å². The summed E-state index contributed by atoms with van der Waals surface area (Å²) in [6.07, 6.45) is -4.19. The number of hydrogen-bond donors (Lipinski definition) is 4. The van der Waals surface area contributed by atoms with E-state index < -0.39 is 37.3 Å². The normalized spacial score (nSPS) is 35.3. The van der Waals surface area contributed by atoms with Gasteiger partial charge in [-0.05, 0) is 11.6 Å². The molecule has 1 aromatic heterocycles. The Labute approximate surface area is 118 Å². The number of aliphatic hydroxyl groups excluding tert-OH is 3. The van der Waals surface area contributed by atoms with Crippen molar-refractivity contribution in [3.05, 3.63) is 5.28 Å². The number of methoxy groups -OCH3 is 1. The first-order valence-electron chi connectivity index (χ1n) is 5.47. The minimum Gasteiger partial charge on any atom is -0.394 e. The fourth-order valence-electron chi connectivity index (χ4n) is 1.84. The quantitative estimate of drug-likeness (QED) is 0.563. The lowest BCUT2D eigenvalue weighted by molar-refractivity contribution is -0.254. The standard InChI is InChI=1S/C9H14ClN3O5S/c1-17-7-4(11-9-12-8(10)13-19-9)6(16)5(15)3(2-14)18-7/h3-7,14-16H,2H2,1H3,(H,11,12,13)/t3-,4+,5+,6-,7?/m1/s1. The predicted octanol–water partition coefficient (Wildman–Crippen LogP) is -0.943. The van der Waals surface area contributed by atoms with Crippen LogP contribution in [0.25, 0.3) is 0 Å². The van der Waals surface area contributed by atoms with Gasteiger partial charge in [-0.3, -0.25) is 0 Å². The lowest BCUT2D eigenvalue weighted by atomic mass is 9.97. The van der Waals surface area contributed by atoms with E-state index in [-0.39, 0.29) is 5.28 Å². The fourth-order valence-corrected chi connectivity index (χ4v) is 2.60. The van der Waals surface area contributed by atoms with Crippen molar-refractivity contribution in [2.45, 2.75) is 30.6 Å². The Balaban J connectivity index is 2.12. The molecule has 5 atom stereocenters. The number of nitrogens with zero attached hydrogens (tertiary/aromatic N) is 2. The molecule has 1 aromatic rings. The van der Waals surface area contributed by atoms with E-state index in [0.717, 1.165) is 11.5 Å². The molecule has 4 N–H and O–H groups in total. The van der Waals surface area contributed by atoms with Crippen molar-refractivity contribution in [3.8, 4) is 0 Å². The number of rotatable bonds is 4. The largest absolute Gasteiger partial charge is 0.394 e. The van der Waals surface area contributed by atoms with E-state index in [9.17, 15) is 10.2 Å². The summed E-state index contributed by atoms with van der Waals surface area (Å²) in [5.41, 5.74) is 0. The Morgan fingerprint density at radius 3 is 2.74 bits per heavy atom. The molecule has 1 saturated heterocycles. The van der Waals surface area contributed by atoms with Crippen molar-refractivity contribution in [2.75, 3.05) is 19.0 Å². The van der Waals surface area contributed by atoms with E-state index in [1.54, 1.807) is 0 Å². The monoisotopic (exact) mass is 311 g/mol. The maximum absolute atomic E-state index is 10.0. The lowest BCUT2D eigenvalue weighted by Gasteiger charge is -2.41. The van der Waals surface area contributed by atoms with E-state index in [1.807, 2.05) is 0 Å². The van der Waals surface area contributed by atoms with Crippen LogP contribution < -0.4 is 5.32 Å². The predicted molar refractivity (Wildman–Crippen MR) is 67.1 cm³/mol. The average Bonchev–Trinajstić information content (AvgIpc) is 2.81. The van der Waals surface area contributed by atoms with E-state index >= 15 is 0 Å². The smallest absolute Gasteiger partial charge is 0.236 e. The molecule has 0 aromatic carbocycles. The summed E-state index contributed by atoms with van der Waals surface area (Å²) in [7, 11) is 1.39. The zero-order chi connectivity index (χ0) is 14.0. The second-order valence-corrected chi connectivity index (χ2v) is 5.07. The highest BCUT2D eigenvalue weighted by molar-refractivity contribution is 7.09. The molecular formula is C9H14ClN3O5S. The summed E-state index contributed by atoms with van der Waals surface area (Å²) in [6.45, 7) is -0.421. The van der Waals surface area contributed by atoms with Crippen molar-refractivity contribution in [1.29, 1.82) is 0 Å². The molecule has 0 bridgehead atoms. The van der Waals surface area contributed by atoms with Crippen LogP contribution in [0.1, 0.15) is 0 Å². The van der Waals surface area contributed by atoms with Gasteiger partial charge in [0.15, 0.2) is 6.29 Å². The SMILES string of the molecule is COC1O[C@H](CO)[C@H](O)[C@H](O)[C@@H]1Nc1nc(Cl)ns1. The van der Waals surface area contributed by atoms with Crippen molar-refractivity contribution >= 4 is 28.3 Å². The Hall–Kier alpha value is -0.550. The summed E-state index contributed by atoms with van der Waals surface area (Å²) in [6, 6.07) is -0.758. The van der Waals surface area contributed by atoms with Crippen LogP contribution in [-0.2, 0) is 9.47 Å². The Morgan fingerprint density at radius 2 is 2.21 bits per heavy atom. The topological polar surface area (TPSA) is 117 Å². The van der Waals surface area contributed by atoms with Gasteiger partial charge in [0.2, 0.25) is 10.4 Å². The summed E-state index contributed by atoms with van der Waals surface area (Å²) < 4.78 is 14.2. The Kier molecular flexibility index (Phi) is 4.90. The highest BCUT2D eigenvalue weighted by Crippen LogP contribution is 2.25. The highest BCUT2D eigenvalue weighted by atomic mass is 35.5. The third kappa shape index (κ3) is 3.14. The zero-order valence-corrected chi connectivity index (χ0v) is 11.5. The molecule has 108 valence electrons. The minimum atomic E-state index is -1.24. The number of hydrogen-bond acceptors (Lipinski definition) is 9. The first-order valence-corrected chi connectivity index (χ1v) is 6.63. The molecule has 2 heterocycles. The first kappa shape index (κ1) is 14.9. The summed E-state index contributed by atoms with van der Waals surface area (Å²) >= 11 is 6.61. The van der Waals surface area contributed by atoms with Crippen molar-refractivity contribution in [3.63, 3.8) is 0 Å². The molecule has 0 aliphatic carbocycles. The molecule has 8 nitrogen and oxygen atoms in total. The molecule has 1 aliphatic heterocycles. The van der Waals surface area contributed by atoms with Crippen LogP contribution in [0.5, 0.6) is 0 Å². The molecule has 0 spiro atoms. The number of halogens is 1. The van der Waals surface area contributed by atoms with E-state index in [2.05, 4.69) is 14.7 Å². The molecular weight excluding hydrogens is 298 g/mol. The number of nitrogens with one attached hydrogen (secondary N) is 1. The van der Waals surface area contributed by atoms with Gasteiger partial charge in [0.25, 0.3) is 0 Å². The molecule has 0 saturated carbocycles. The summed E-state index contributed by atoms with van der Waals surface area (Å²) in [5, 5.41) is 32.2. The van der Waals surface area contributed by atoms with Crippen LogP contribution in [0.2, 0.25) is 5.28 Å². The molecule has 0 amide bonds. The van der Waals surface area contributed by atoms with E-state index in [4.69, 9.17) is 26.2 Å². The third-order valence-electron chi connectivity index (χ3n) is 2.80. The maximum atomic E-state index is 10.0. The number of anilines is 1. The molecule has 1 unspecified atom stereocenters. The van der Waals surface area contributed by atoms with Crippen LogP contribution in [0, 0.1) is 0 Å². The molecule has 0 radical (unpaired) electrons. The first-order chi connectivity index (χ1) is 9.06. The number of aliphatic hydroxyl groups is 3. The highest BCUT2D eigenvalue weighted by Gasteiger charge is 2.44. The second-order valence-electron chi connectivity index (χ2n) is 3.98. The lowest BCUT2D eigenvalue weighted by Crippen LogP contribution is -2.61. The van der Waals surface area contributed by atoms with Gasteiger partial charge in [-0.2, -0.15) is 9.36 Å². The van der Waals surface area contributed by atoms with Crippen LogP contribution >= 0.6 is 23.1 Å². The molecule has 19 heavy (non-hydrogen) atoms. The second kappa shape index (κ2) is 6.27. The van der Waals surface area contributed by atoms with Crippen molar-refractivity contribution in [1.82, 2.24) is 9.36 Å². The van der Waals surface area contributed by atoms with Crippen molar-refractivity contribution in [2.24, 2.45) is 0 Å². The van der Waals surface area contributed by atoms with Gasteiger partial charge < -0.3 is 30.1 Å². The summed E-state index contributed by atoms with van der Waals surface area (Å²) in [4.78, 5) is 3.88. The third-order valence-corrected chi connectivity index (χ3v) is 3.72. The maximum Gasteiger partial charge on any atom is 0.236 e. The van der Waals surface area contributed by atoms with Crippen molar-refractivity contribution < 1.29 is 24.8 Å². The Bertz CT molecular complexity index is 420. The van der Waals surface area contributed by atoms with E-state index in [1.165, 1.54) is 7.11 Å². The number of ether oxygens (including phenoxy) is 2. The van der Waals surface area contributed by atoms with Gasteiger partial charge in [-0.15, -0.1) is 0 Å². The van der Waals surface area contributed by atoms with Crippen LogP contribution in [-0.4, -0.2) is 69.0 Å². The average molecular weight is 312 g/mol. The van der Waals surface area contributed by atoms with E-state index in [0.29, 0.717) is 5.13 Å². The van der Waals surface area contributed by atoms with Gasteiger partial charge in [0.1, 0.15) is 24.4 Å². The van der Waals surface area contributed by atoms with Crippen LogP contribution in [0.15, 0.2) is 0 Å². The summed E-state index contributed by atoms with van der Waals surface area (Å²) in [5.74, 6) is 0. The zero-order valence-electron chi connectivity index (χ0n) is 9.93. The van der Waals surface area contributed by atoms with Gasteiger partial charge in [-0.1, -0.05) is 0 Å². The molecule has 10 heteroatoms. The van der Waals surface area contributed by atoms with Gasteiger partial charge in [0, 0.05) is 18.6 Å². The van der Waals surface area contributed by atoms with Crippen LogP contribution in [0.4, 0.5) is 5.13 Å². The fraction of sp³-hybridized carbons (Fsp3) is 0.778. The number of aromatic nitrogens is 2. The van der Waals surface area contributed by atoms with Crippen LogP contribution in [0.3, 0.4) is 0 Å². The van der Waals surface area contributed by atoms with Gasteiger partial charge >= 0.3 is 0 Å².